The van der Waals surface area contributed by atoms with Crippen LogP contribution in [-0.4, -0.2) is 26.1 Å². The Hall–Kier alpha value is -3.16. The molecule has 27 heavy (non-hydrogen) atoms. The van der Waals surface area contributed by atoms with Gasteiger partial charge in [0.1, 0.15) is 11.6 Å². The summed E-state index contributed by atoms with van der Waals surface area (Å²) >= 11 is 0. The number of aromatic nitrogens is 4. The minimum Gasteiger partial charge on any atom is -0.321 e. The van der Waals surface area contributed by atoms with Gasteiger partial charge in [0.2, 0.25) is 0 Å². The molecule has 8 heteroatoms. The molecule has 0 aliphatic heterocycles. The van der Waals surface area contributed by atoms with Gasteiger partial charge in [-0.1, -0.05) is 19.1 Å². The SMILES string of the molecule is Cc1cccc(-c2nnnn2[C@@H]2C[C@H]2C)c1NC(=O)c1cc(F)ccc1F. The van der Waals surface area contributed by atoms with Crippen LogP contribution in [0.4, 0.5) is 14.5 Å². The van der Waals surface area contributed by atoms with E-state index in [1.54, 1.807) is 10.7 Å². The van der Waals surface area contributed by atoms with Gasteiger partial charge in [-0.25, -0.2) is 13.5 Å². The number of aryl methyl sites for hydroxylation is 1. The fourth-order valence-electron chi connectivity index (χ4n) is 3.11. The zero-order chi connectivity index (χ0) is 19.1. The van der Waals surface area contributed by atoms with E-state index in [0.29, 0.717) is 23.0 Å². The van der Waals surface area contributed by atoms with E-state index in [1.807, 2.05) is 19.1 Å². The van der Waals surface area contributed by atoms with E-state index in [-0.39, 0.29) is 11.6 Å². The minimum absolute atomic E-state index is 0.222. The van der Waals surface area contributed by atoms with Crippen LogP contribution in [0, 0.1) is 24.5 Å². The number of hydrogen-bond acceptors (Lipinski definition) is 4. The summed E-state index contributed by atoms with van der Waals surface area (Å²) in [6, 6.07) is 8.43. The lowest BCUT2D eigenvalue weighted by Crippen LogP contribution is -2.16. The number of amides is 1. The molecule has 1 fully saturated rings. The van der Waals surface area contributed by atoms with Crippen LogP contribution in [0.25, 0.3) is 11.4 Å². The zero-order valence-corrected chi connectivity index (χ0v) is 14.8. The van der Waals surface area contributed by atoms with E-state index < -0.39 is 17.5 Å². The van der Waals surface area contributed by atoms with Crippen LogP contribution < -0.4 is 5.32 Å². The van der Waals surface area contributed by atoms with Crippen LogP contribution in [0.1, 0.15) is 35.3 Å². The summed E-state index contributed by atoms with van der Waals surface area (Å²) in [4.78, 5) is 12.6. The number of rotatable bonds is 4. The third-order valence-corrected chi connectivity index (χ3v) is 4.80. The summed E-state index contributed by atoms with van der Waals surface area (Å²) in [6.45, 7) is 3.93. The van der Waals surface area contributed by atoms with Crippen LogP contribution >= 0.6 is 0 Å². The highest BCUT2D eigenvalue weighted by molar-refractivity contribution is 6.06. The third-order valence-electron chi connectivity index (χ3n) is 4.80. The highest BCUT2D eigenvalue weighted by Crippen LogP contribution is 2.44. The van der Waals surface area contributed by atoms with Crippen LogP contribution in [0.2, 0.25) is 0 Å². The molecule has 138 valence electrons. The fourth-order valence-corrected chi connectivity index (χ4v) is 3.11. The van der Waals surface area contributed by atoms with Crippen molar-refractivity contribution >= 4 is 11.6 Å². The van der Waals surface area contributed by atoms with Gasteiger partial charge in [-0.05, 0) is 59.5 Å². The smallest absolute Gasteiger partial charge is 0.258 e. The molecule has 0 unspecified atom stereocenters. The first-order valence-corrected chi connectivity index (χ1v) is 8.60. The maximum Gasteiger partial charge on any atom is 0.258 e. The lowest BCUT2D eigenvalue weighted by Gasteiger charge is -2.14. The fraction of sp³-hybridized carbons (Fsp3) is 0.263. The summed E-state index contributed by atoms with van der Waals surface area (Å²) in [5.74, 6) is -1.19. The molecule has 3 aromatic rings. The van der Waals surface area contributed by atoms with E-state index in [1.165, 1.54) is 0 Å². The number of carbonyl (C=O) groups is 1. The molecule has 6 nitrogen and oxygen atoms in total. The molecule has 1 saturated carbocycles. The molecular weight excluding hydrogens is 352 g/mol. The van der Waals surface area contributed by atoms with Crippen molar-refractivity contribution in [2.45, 2.75) is 26.3 Å². The number of tetrazole rings is 1. The largest absolute Gasteiger partial charge is 0.321 e. The number of hydrogen-bond donors (Lipinski definition) is 1. The Morgan fingerprint density at radius 3 is 2.78 bits per heavy atom. The summed E-state index contributed by atoms with van der Waals surface area (Å²) in [6.07, 6.45) is 0.986. The highest BCUT2D eigenvalue weighted by Gasteiger charge is 2.38. The Bertz CT molecular complexity index is 1030. The topological polar surface area (TPSA) is 72.7 Å². The van der Waals surface area contributed by atoms with Crippen molar-refractivity contribution in [3.8, 4) is 11.4 Å². The summed E-state index contributed by atoms with van der Waals surface area (Å²) in [7, 11) is 0. The number of nitrogens with one attached hydrogen (secondary N) is 1. The standard InChI is InChI=1S/C19H17F2N5O/c1-10-4-3-5-13(18-23-24-25-26(18)16-8-11(16)2)17(10)22-19(27)14-9-12(20)6-7-15(14)21/h3-7,9,11,16H,8H2,1-2H3,(H,22,27)/t11-,16-/m1/s1. The lowest BCUT2D eigenvalue weighted by molar-refractivity contribution is 0.102. The van der Waals surface area contributed by atoms with Gasteiger partial charge >= 0.3 is 0 Å². The number of halogens is 2. The summed E-state index contributed by atoms with van der Waals surface area (Å²) in [5, 5.41) is 14.6. The van der Waals surface area contributed by atoms with Gasteiger partial charge < -0.3 is 5.32 Å². The van der Waals surface area contributed by atoms with Gasteiger partial charge in [-0.3, -0.25) is 4.79 Å². The monoisotopic (exact) mass is 369 g/mol. The maximum atomic E-state index is 14.0. The van der Waals surface area contributed by atoms with Crippen molar-refractivity contribution in [1.29, 1.82) is 0 Å². The minimum atomic E-state index is -0.791. The Morgan fingerprint density at radius 2 is 2.04 bits per heavy atom. The van der Waals surface area contributed by atoms with Gasteiger partial charge in [0, 0.05) is 5.56 Å². The molecule has 1 N–H and O–H groups in total. The van der Waals surface area contributed by atoms with Crippen LogP contribution in [0.3, 0.4) is 0 Å². The van der Waals surface area contributed by atoms with E-state index in [2.05, 4.69) is 27.8 Å². The molecule has 1 aliphatic rings. The molecular formula is C19H17F2N5O. The normalized spacial score (nSPS) is 18.4. The number of para-hydroxylation sites is 1. The first-order chi connectivity index (χ1) is 13.0. The predicted octanol–water partition coefficient (Wildman–Crippen LogP) is 3.76. The van der Waals surface area contributed by atoms with E-state index in [9.17, 15) is 13.6 Å². The maximum absolute atomic E-state index is 14.0. The van der Waals surface area contributed by atoms with Crippen molar-refractivity contribution in [2.75, 3.05) is 5.32 Å². The summed E-state index contributed by atoms with van der Waals surface area (Å²) in [5.41, 5.74) is 1.50. The Labute approximate surface area is 154 Å². The number of benzene rings is 2. The van der Waals surface area contributed by atoms with Gasteiger partial charge in [0.05, 0.1) is 17.3 Å². The Balaban J connectivity index is 1.73. The van der Waals surface area contributed by atoms with Crippen molar-refractivity contribution in [2.24, 2.45) is 5.92 Å². The van der Waals surface area contributed by atoms with Crippen molar-refractivity contribution in [1.82, 2.24) is 20.2 Å². The zero-order valence-electron chi connectivity index (χ0n) is 14.8. The lowest BCUT2D eigenvalue weighted by atomic mass is 10.1. The van der Waals surface area contributed by atoms with Crippen molar-refractivity contribution < 1.29 is 13.6 Å². The van der Waals surface area contributed by atoms with Crippen molar-refractivity contribution in [3.05, 3.63) is 59.2 Å². The molecule has 1 amide bonds. The molecule has 2 atom stereocenters. The molecule has 0 radical (unpaired) electrons. The molecule has 1 heterocycles. The van der Waals surface area contributed by atoms with Crippen LogP contribution in [-0.2, 0) is 0 Å². The number of anilines is 1. The summed E-state index contributed by atoms with van der Waals surface area (Å²) < 4.78 is 29.1. The Morgan fingerprint density at radius 1 is 1.26 bits per heavy atom. The van der Waals surface area contributed by atoms with E-state index in [4.69, 9.17) is 0 Å². The third kappa shape index (κ3) is 3.18. The quantitative estimate of drug-likeness (QED) is 0.760. The van der Waals surface area contributed by atoms with Crippen LogP contribution in [0.5, 0.6) is 0 Å². The van der Waals surface area contributed by atoms with E-state index >= 15 is 0 Å². The van der Waals surface area contributed by atoms with Crippen LogP contribution in [0.15, 0.2) is 36.4 Å². The average molecular weight is 369 g/mol. The van der Waals surface area contributed by atoms with Gasteiger partial charge in [0.15, 0.2) is 5.82 Å². The molecule has 1 aliphatic carbocycles. The molecule has 0 saturated heterocycles. The first kappa shape index (κ1) is 17.3. The van der Waals surface area contributed by atoms with E-state index in [0.717, 1.165) is 30.2 Å². The molecule has 2 aromatic carbocycles. The first-order valence-electron chi connectivity index (χ1n) is 8.60. The van der Waals surface area contributed by atoms with Crippen molar-refractivity contribution in [3.63, 3.8) is 0 Å². The molecule has 4 rings (SSSR count). The number of carbonyl (C=O) groups excluding carboxylic acids is 1. The average Bonchev–Trinajstić information content (AvgIpc) is 3.17. The van der Waals surface area contributed by atoms with Gasteiger partial charge in [-0.15, -0.1) is 5.10 Å². The molecule has 1 aromatic heterocycles. The highest BCUT2D eigenvalue weighted by atomic mass is 19.1. The second-order valence-corrected chi connectivity index (χ2v) is 6.80. The predicted molar refractivity (Wildman–Crippen MR) is 95.1 cm³/mol. The molecule has 0 spiro atoms. The second kappa shape index (κ2) is 6.53. The molecule has 0 bridgehead atoms. The Kier molecular flexibility index (Phi) is 4.18. The van der Waals surface area contributed by atoms with Gasteiger partial charge in [-0.2, -0.15) is 0 Å². The second-order valence-electron chi connectivity index (χ2n) is 6.80. The van der Waals surface area contributed by atoms with Gasteiger partial charge in [0.25, 0.3) is 5.91 Å². The number of nitrogens with zero attached hydrogens (tertiary/aromatic N) is 4.